The van der Waals surface area contributed by atoms with E-state index in [0.29, 0.717) is 22.6 Å². The average molecular weight is 548 g/mol. The first kappa shape index (κ1) is 27.2. The molecule has 1 aliphatic carbocycles. The number of aryl methyl sites for hydroxylation is 1. The molecule has 0 radical (unpaired) electrons. The minimum absolute atomic E-state index is 0.0140. The van der Waals surface area contributed by atoms with Crippen LogP contribution in [0.3, 0.4) is 0 Å². The van der Waals surface area contributed by atoms with Gasteiger partial charge in [0.15, 0.2) is 0 Å². The molecule has 208 valence electrons. The molecular formula is C28H30F5N5O. The highest BCUT2D eigenvalue weighted by Crippen LogP contribution is 2.55. The molecule has 1 N–H and O–H groups in total. The normalized spacial score (nSPS) is 18.7. The summed E-state index contributed by atoms with van der Waals surface area (Å²) in [5, 5.41) is 11.1. The maximum Gasteiger partial charge on any atom is 0.416 e. The van der Waals surface area contributed by atoms with Gasteiger partial charge in [0.1, 0.15) is 12.2 Å². The van der Waals surface area contributed by atoms with Crippen LogP contribution in [0.15, 0.2) is 42.7 Å². The van der Waals surface area contributed by atoms with Crippen molar-refractivity contribution < 1.29 is 26.7 Å². The van der Waals surface area contributed by atoms with E-state index in [0.717, 1.165) is 12.5 Å². The van der Waals surface area contributed by atoms with Crippen LogP contribution in [0.2, 0.25) is 0 Å². The summed E-state index contributed by atoms with van der Waals surface area (Å²) in [4.78, 5) is 14.8. The maximum atomic E-state index is 14.2. The molecular weight excluding hydrogens is 517 g/mol. The summed E-state index contributed by atoms with van der Waals surface area (Å²) in [7, 11) is 1.74. The summed E-state index contributed by atoms with van der Waals surface area (Å²) in [5.41, 5.74) is -0.479. The lowest BCUT2D eigenvalue weighted by Crippen LogP contribution is -2.51. The molecule has 1 amide bonds. The minimum atomic E-state index is -4.63. The Morgan fingerprint density at radius 1 is 1.15 bits per heavy atom. The fourth-order valence-electron chi connectivity index (χ4n) is 5.61. The van der Waals surface area contributed by atoms with E-state index in [1.807, 2.05) is 13.8 Å². The van der Waals surface area contributed by atoms with Crippen molar-refractivity contribution in [3.05, 3.63) is 76.4 Å². The average Bonchev–Trinajstić information content (AvgIpc) is 3.42. The Balaban J connectivity index is 1.48. The van der Waals surface area contributed by atoms with Gasteiger partial charge in [0.2, 0.25) is 5.92 Å². The predicted molar refractivity (Wildman–Crippen MR) is 136 cm³/mol. The molecule has 0 spiro atoms. The number of halogens is 5. The molecule has 2 aliphatic rings. The van der Waals surface area contributed by atoms with Gasteiger partial charge in [-0.1, -0.05) is 19.1 Å². The minimum Gasteiger partial charge on any atom is -0.321 e. The van der Waals surface area contributed by atoms with Gasteiger partial charge in [-0.3, -0.25) is 4.79 Å². The fraction of sp³-hybridized carbons (Fsp3) is 0.464. The van der Waals surface area contributed by atoms with Crippen molar-refractivity contribution in [3.63, 3.8) is 0 Å². The number of benzene rings is 2. The van der Waals surface area contributed by atoms with Crippen LogP contribution in [0.4, 0.5) is 27.6 Å². The lowest BCUT2D eigenvalue weighted by molar-refractivity contribution is -0.138. The Morgan fingerprint density at radius 3 is 2.51 bits per heavy atom. The zero-order valence-corrected chi connectivity index (χ0v) is 21.9. The Labute approximate surface area is 223 Å². The van der Waals surface area contributed by atoms with Crippen LogP contribution in [0.1, 0.15) is 71.5 Å². The largest absolute Gasteiger partial charge is 0.416 e. The van der Waals surface area contributed by atoms with Crippen LogP contribution in [0, 0.1) is 0 Å². The number of nitrogens with one attached hydrogen (secondary N) is 1. The van der Waals surface area contributed by atoms with Gasteiger partial charge < -0.3 is 14.8 Å². The van der Waals surface area contributed by atoms with Crippen LogP contribution in [-0.4, -0.2) is 32.6 Å². The number of carbonyl (C=O) groups excluding carboxylic acids is 1. The Hall–Kier alpha value is -3.34. The molecule has 0 bridgehead atoms. The van der Waals surface area contributed by atoms with E-state index in [4.69, 9.17) is 0 Å². The second-order valence-corrected chi connectivity index (χ2v) is 10.8. The molecule has 0 saturated heterocycles. The number of amides is 1. The molecule has 1 atom stereocenters. The van der Waals surface area contributed by atoms with Gasteiger partial charge in [0, 0.05) is 55.6 Å². The summed E-state index contributed by atoms with van der Waals surface area (Å²) in [6, 6.07) is 9.38. The summed E-state index contributed by atoms with van der Waals surface area (Å²) < 4.78 is 72.3. The number of hydrogen-bond acceptors (Lipinski definition) is 4. The monoisotopic (exact) mass is 547 g/mol. The first-order valence-corrected chi connectivity index (χ1v) is 12.9. The molecule has 1 saturated carbocycles. The summed E-state index contributed by atoms with van der Waals surface area (Å²) >= 11 is 0. The van der Waals surface area contributed by atoms with Gasteiger partial charge in [0.25, 0.3) is 5.91 Å². The smallest absolute Gasteiger partial charge is 0.321 e. The second kappa shape index (κ2) is 9.69. The number of carbonyl (C=O) groups is 1. The van der Waals surface area contributed by atoms with E-state index < -0.39 is 41.8 Å². The van der Waals surface area contributed by atoms with E-state index in [9.17, 15) is 26.7 Å². The molecule has 1 aromatic heterocycles. The lowest BCUT2D eigenvalue weighted by Gasteiger charge is -2.48. The molecule has 6 nitrogen and oxygen atoms in total. The molecule has 3 aromatic rings. The van der Waals surface area contributed by atoms with E-state index in [1.54, 1.807) is 35.9 Å². The van der Waals surface area contributed by atoms with Crippen LogP contribution in [-0.2, 0) is 38.1 Å². The predicted octanol–water partition coefficient (Wildman–Crippen LogP) is 5.79. The third-order valence-corrected chi connectivity index (χ3v) is 7.94. The number of fused-ring (bicyclic) bond motifs is 1. The van der Waals surface area contributed by atoms with E-state index in [1.165, 1.54) is 17.3 Å². The molecule has 1 fully saturated rings. The number of rotatable bonds is 8. The van der Waals surface area contributed by atoms with Crippen molar-refractivity contribution in [2.75, 3.05) is 4.90 Å². The van der Waals surface area contributed by atoms with E-state index in [2.05, 4.69) is 15.5 Å². The van der Waals surface area contributed by atoms with Gasteiger partial charge in [-0.25, -0.2) is 8.78 Å². The summed E-state index contributed by atoms with van der Waals surface area (Å²) in [6.45, 7) is 3.86. The van der Waals surface area contributed by atoms with Gasteiger partial charge in [0.05, 0.1) is 12.1 Å². The van der Waals surface area contributed by atoms with Crippen LogP contribution in [0.5, 0.6) is 0 Å². The number of hydrogen-bond donors (Lipinski definition) is 1. The van der Waals surface area contributed by atoms with Gasteiger partial charge in [-0.05, 0) is 54.3 Å². The van der Waals surface area contributed by atoms with Crippen molar-refractivity contribution in [1.82, 2.24) is 20.1 Å². The van der Waals surface area contributed by atoms with Crippen LogP contribution >= 0.6 is 0 Å². The first-order valence-electron chi connectivity index (χ1n) is 12.9. The topological polar surface area (TPSA) is 63.0 Å². The van der Waals surface area contributed by atoms with Gasteiger partial charge in [-0.2, -0.15) is 13.2 Å². The van der Waals surface area contributed by atoms with Crippen molar-refractivity contribution in [3.8, 4) is 0 Å². The molecule has 39 heavy (non-hydrogen) atoms. The molecule has 0 unspecified atom stereocenters. The number of anilines is 1. The van der Waals surface area contributed by atoms with Crippen molar-refractivity contribution in [1.29, 1.82) is 0 Å². The zero-order valence-electron chi connectivity index (χ0n) is 21.9. The second-order valence-electron chi connectivity index (χ2n) is 10.8. The van der Waals surface area contributed by atoms with Crippen molar-refractivity contribution in [2.45, 2.75) is 76.2 Å². The Morgan fingerprint density at radius 2 is 1.90 bits per heavy atom. The lowest BCUT2D eigenvalue weighted by atomic mass is 9.60. The standard InChI is InChI=1S/C28H30F5N5O/c1-4-17(2)34-12-18-8-21-22(23(9-18)28(31,32)33)13-38(25(21)39)20-7-5-6-19(10-20)26(14-27(29,30)15-26)11-24-36-35-16-37(24)3/h5-10,16-17,34H,4,11-15H2,1-3H3/t17-/m1/s1. The van der Waals surface area contributed by atoms with Crippen molar-refractivity contribution in [2.24, 2.45) is 7.05 Å². The van der Waals surface area contributed by atoms with E-state index in [-0.39, 0.29) is 36.7 Å². The number of alkyl halides is 5. The quantitative estimate of drug-likeness (QED) is 0.363. The first-order chi connectivity index (χ1) is 18.3. The maximum absolute atomic E-state index is 14.2. The Kier molecular flexibility index (Phi) is 6.77. The molecule has 1 aliphatic heterocycles. The number of nitrogens with zero attached hydrogens (tertiary/aromatic N) is 4. The van der Waals surface area contributed by atoms with Crippen LogP contribution in [0.25, 0.3) is 0 Å². The highest BCUT2D eigenvalue weighted by molar-refractivity contribution is 6.10. The fourth-order valence-corrected chi connectivity index (χ4v) is 5.61. The zero-order chi connectivity index (χ0) is 28.2. The SMILES string of the molecule is CC[C@@H](C)NCc1cc2c(c(C(F)(F)F)c1)CN(c1cccc(C3(Cc4nncn4C)CC(F)(F)C3)c1)C2=O. The summed E-state index contributed by atoms with van der Waals surface area (Å²) in [6.07, 6.45) is -2.89. The molecule has 2 heterocycles. The molecule has 2 aromatic carbocycles. The third kappa shape index (κ3) is 5.16. The highest BCUT2D eigenvalue weighted by Gasteiger charge is 2.57. The molecule has 5 rings (SSSR count). The van der Waals surface area contributed by atoms with E-state index >= 15 is 0 Å². The van der Waals surface area contributed by atoms with Crippen LogP contribution < -0.4 is 10.2 Å². The third-order valence-electron chi connectivity index (χ3n) is 7.94. The van der Waals surface area contributed by atoms with Gasteiger partial charge >= 0.3 is 6.18 Å². The van der Waals surface area contributed by atoms with Crippen molar-refractivity contribution >= 4 is 11.6 Å². The van der Waals surface area contributed by atoms with Gasteiger partial charge in [-0.15, -0.1) is 10.2 Å². The Bertz CT molecular complexity index is 1390. The highest BCUT2D eigenvalue weighted by atomic mass is 19.4. The molecule has 11 heteroatoms. The number of aromatic nitrogens is 3. The summed E-state index contributed by atoms with van der Waals surface area (Å²) in [5.74, 6) is -2.83.